The van der Waals surface area contributed by atoms with Gasteiger partial charge in [-0.3, -0.25) is 0 Å². The van der Waals surface area contributed by atoms with Gasteiger partial charge < -0.3 is 24.8 Å². The molecule has 0 saturated heterocycles. The number of hydrogen-bond donors (Lipinski definition) is 2. The third-order valence-electron chi connectivity index (χ3n) is 5.66. The Morgan fingerprint density at radius 3 is 2.84 bits per heavy atom. The third-order valence-corrected chi connectivity index (χ3v) is 5.66. The number of urea groups is 1. The average molecular weight is 438 g/mol. The summed E-state index contributed by atoms with van der Waals surface area (Å²) in [7, 11) is 5.53. The molecular weight excluding hydrogens is 409 g/mol. The molecule has 3 heterocycles. The number of fused-ring (bicyclic) bond motifs is 1. The number of likely N-dealkylation sites (N-methyl/N-ethyl adjacent to an activating group) is 1. The summed E-state index contributed by atoms with van der Waals surface area (Å²) in [6.07, 6.45) is 4.52. The summed E-state index contributed by atoms with van der Waals surface area (Å²) in [5, 5.41) is 3.86. The molecule has 0 spiro atoms. The molecule has 0 radical (unpaired) electrons. The number of hydrogen-bond acceptors (Lipinski definition) is 4. The molecule has 1 aliphatic rings. The average Bonchev–Trinajstić information content (AvgIpc) is 3.23. The van der Waals surface area contributed by atoms with Crippen LogP contribution in [0.25, 0.3) is 27.7 Å². The summed E-state index contributed by atoms with van der Waals surface area (Å²) in [5.41, 5.74) is 4.37. The first-order chi connectivity index (χ1) is 15.5. The molecule has 32 heavy (non-hydrogen) atoms. The monoisotopic (exact) mass is 437 g/mol. The molecule has 0 atom stereocenters. The van der Waals surface area contributed by atoms with E-state index < -0.39 is 0 Å². The molecule has 1 aromatic carbocycles. The van der Waals surface area contributed by atoms with Gasteiger partial charge in [-0.25, -0.2) is 14.2 Å². The number of methoxy groups -OCH3 is 1. The normalized spacial score (nSPS) is 14.0. The lowest BCUT2D eigenvalue weighted by molar-refractivity contribution is 0.202. The number of rotatable bonds is 6. The van der Waals surface area contributed by atoms with Crippen molar-refractivity contribution in [1.82, 2.24) is 25.1 Å². The summed E-state index contributed by atoms with van der Waals surface area (Å²) in [6, 6.07) is 8.37. The van der Waals surface area contributed by atoms with Crippen LogP contribution in [-0.2, 0) is 0 Å². The quantitative estimate of drug-likeness (QED) is 0.616. The van der Waals surface area contributed by atoms with Crippen LogP contribution >= 0.6 is 0 Å². The lowest BCUT2D eigenvalue weighted by Gasteiger charge is -2.26. The van der Waals surface area contributed by atoms with Gasteiger partial charge in [0.15, 0.2) is 0 Å². The number of aromatic nitrogens is 2. The van der Waals surface area contributed by atoms with Gasteiger partial charge in [-0.15, -0.1) is 0 Å². The van der Waals surface area contributed by atoms with Crippen molar-refractivity contribution in [3.05, 3.63) is 54.1 Å². The summed E-state index contributed by atoms with van der Waals surface area (Å²) in [4.78, 5) is 24.0. The van der Waals surface area contributed by atoms with E-state index in [2.05, 4.69) is 21.4 Å². The second kappa shape index (κ2) is 9.40. The molecule has 3 aromatic rings. The highest BCUT2D eigenvalue weighted by Gasteiger charge is 2.20. The number of nitrogens with zero attached hydrogens (tertiary/aromatic N) is 3. The molecule has 0 fully saturated rings. The highest BCUT2D eigenvalue weighted by molar-refractivity contribution is 5.96. The molecule has 168 valence electrons. The zero-order chi connectivity index (χ0) is 22.7. The number of benzene rings is 1. The maximum absolute atomic E-state index is 14.0. The Labute approximate surface area is 186 Å². The van der Waals surface area contributed by atoms with Crippen molar-refractivity contribution in [1.29, 1.82) is 0 Å². The van der Waals surface area contributed by atoms with Crippen molar-refractivity contribution in [2.45, 2.75) is 6.42 Å². The molecule has 2 aromatic heterocycles. The van der Waals surface area contributed by atoms with Crippen molar-refractivity contribution in [2.24, 2.45) is 0 Å². The Hall–Kier alpha value is -3.39. The Morgan fingerprint density at radius 2 is 2.12 bits per heavy atom. The number of nitrogens with one attached hydrogen (secondary N) is 2. The SMILES string of the molecule is COc1ccc(F)cc1-c1ccnc2[nH]c(C3=CCN(C(=O)NCCN(C)C)CC3)cc12. The van der Waals surface area contributed by atoms with Crippen molar-refractivity contribution in [2.75, 3.05) is 47.4 Å². The van der Waals surface area contributed by atoms with Crippen LogP contribution in [-0.4, -0.2) is 73.2 Å². The number of aromatic amines is 1. The fourth-order valence-corrected chi connectivity index (χ4v) is 3.92. The molecule has 0 bridgehead atoms. The lowest BCUT2D eigenvalue weighted by atomic mass is 10.0. The summed E-state index contributed by atoms with van der Waals surface area (Å²) < 4.78 is 19.4. The topological polar surface area (TPSA) is 73.5 Å². The molecule has 2 N–H and O–H groups in total. The minimum atomic E-state index is -0.319. The molecule has 2 amide bonds. The smallest absolute Gasteiger partial charge is 0.317 e. The van der Waals surface area contributed by atoms with E-state index in [1.165, 1.54) is 12.1 Å². The van der Waals surface area contributed by atoms with E-state index in [0.717, 1.165) is 40.8 Å². The first-order valence-corrected chi connectivity index (χ1v) is 10.6. The lowest BCUT2D eigenvalue weighted by Crippen LogP contribution is -2.44. The van der Waals surface area contributed by atoms with Crippen molar-refractivity contribution in [3.63, 3.8) is 0 Å². The molecular formula is C24H28FN5O2. The third kappa shape index (κ3) is 4.60. The zero-order valence-electron chi connectivity index (χ0n) is 18.6. The minimum absolute atomic E-state index is 0.0408. The Balaban J connectivity index is 1.56. The summed E-state index contributed by atoms with van der Waals surface area (Å²) in [6.45, 7) is 2.63. The van der Waals surface area contributed by atoms with E-state index in [1.807, 2.05) is 36.0 Å². The number of carbonyl (C=O) groups excluding carboxylic acids is 1. The van der Waals surface area contributed by atoms with Gasteiger partial charge in [0.25, 0.3) is 0 Å². The second-order valence-electron chi connectivity index (χ2n) is 8.11. The van der Waals surface area contributed by atoms with Gasteiger partial charge in [0.05, 0.1) is 7.11 Å². The fourth-order valence-electron chi connectivity index (χ4n) is 3.92. The highest BCUT2D eigenvalue weighted by atomic mass is 19.1. The van der Waals surface area contributed by atoms with E-state index in [0.29, 0.717) is 30.9 Å². The first kappa shape index (κ1) is 21.8. The van der Waals surface area contributed by atoms with Crippen LogP contribution in [0.2, 0.25) is 0 Å². The van der Waals surface area contributed by atoms with E-state index in [9.17, 15) is 9.18 Å². The molecule has 1 aliphatic heterocycles. The van der Waals surface area contributed by atoms with Crippen molar-refractivity contribution < 1.29 is 13.9 Å². The van der Waals surface area contributed by atoms with E-state index in [1.54, 1.807) is 19.4 Å². The van der Waals surface area contributed by atoms with Crippen LogP contribution in [0.1, 0.15) is 12.1 Å². The van der Waals surface area contributed by atoms with Gasteiger partial charge in [-0.2, -0.15) is 0 Å². The fraction of sp³-hybridized carbons (Fsp3) is 0.333. The maximum atomic E-state index is 14.0. The Kier molecular flexibility index (Phi) is 6.41. The van der Waals surface area contributed by atoms with Crippen molar-refractivity contribution >= 4 is 22.6 Å². The van der Waals surface area contributed by atoms with Gasteiger partial charge in [0.2, 0.25) is 0 Å². The van der Waals surface area contributed by atoms with E-state index >= 15 is 0 Å². The van der Waals surface area contributed by atoms with Crippen LogP contribution in [0.5, 0.6) is 5.75 Å². The molecule has 8 heteroatoms. The van der Waals surface area contributed by atoms with Gasteiger partial charge in [0.1, 0.15) is 17.2 Å². The van der Waals surface area contributed by atoms with Gasteiger partial charge in [0, 0.05) is 49.0 Å². The summed E-state index contributed by atoms with van der Waals surface area (Å²) >= 11 is 0. The first-order valence-electron chi connectivity index (χ1n) is 10.6. The number of halogens is 1. The highest BCUT2D eigenvalue weighted by Crippen LogP contribution is 2.36. The van der Waals surface area contributed by atoms with Gasteiger partial charge >= 0.3 is 6.03 Å². The summed E-state index contributed by atoms with van der Waals surface area (Å²) in [5.74, 6) is 0.287. The van der Waals surface area contributed by atoms with Crippen LogP contribution in [0.4, 0.5) is 9.18 Å². The maximum Gasteiger partial charge on any atom is 0.317 e. The largest absolute Gasteiger partial charge is 0.496 e. The molecule has 0 aliphatic carbocycles. The number of ether oxygens (including phenoxy) is 1. The molecule has 4 rings (SSSR count). The van der Waals surface area contributed by atoms with Crippen LogP contribution in [0, 0.1) is 5.82 Å². The van der Waals surface area contributed by atoms with E-state index in [4.69, 9.17) is 4.74 Å². The zero-order valence-corrected chi connectivity index (χ0v) is 18.6. The van der Waals surface area contributed by atoms with Crippen molar-refractivity contribution in [3.8, 4) is 16.9 Å². The van der Waals surface area contributed by atoms with Crippen LogP contribution in [0.15, 0.2) is 42.6 Å². The number of amides is 2. The van der Waals surface area contributed by atoms with Crippen LogP contribution in [0.3, 0.4) is 0 Å². The molecule has 0 unspecified atom stereocenters. The molecule has 7 nitrogen and oxygen atoms in total. The Bertz CT molecular complexity index is 1150. The number of pyridine rings is 1. The van der Waals surface area contributed by atoms with Crippen LogP contribution < -0.4 is 10.1 Å². The van der Waals surface area contributed by atoms with Gasteiger partial charge in [-0.1, -0.05) is 6.08 Å². The van der Waals surface area contributed by atoms with E-state index in [-0.39, 0.29) is 11.8 Å². The van der Waals surface area contributed by atoms with Gasteiger partial charge in [-0.05, 0) is 62.0 Å². The predicted octanol–water partition coefficient (Wildman–Crippen LogP) is 3.74. The molecule has 0 saturated carbocycles. The second-order valence-corrected chi connectivity index (χ2v) is 8.11. The number of H-pyrrole nitrogens is 1. The standard InChI is InChI=1S/C24H28FN5O2/c1-29(2)13-10-27-24(31)30-11-7-16(8-12-30)21-15-20-18(6-9-26-23(20)28-21)19-14-17(25)4-5-22(19)32-3/h4-7,9,14-15H,8,10-13H2,1-3H3,(H,26,28)(H,27,31). The Morgan fingerprint density at radius 1 is 1.28 bits per heavy atom. The predicted molar refractivity (Wildman–Crippen MR) is 124 cm³/mol. The minimum Gasteiger partial charge on any atom is -0.496 e. The number of carbonyl (C=O) groups is 1.